The third-order valence-corrected chi connectivity index (χ3v) is 12.7. The third-order valence-electron chi connectivity index (χ3n) is 12.7. The van der Waals surface area contributed by atoms with Crippen LogP contribution < -0.4 is 0 Å². The molecule has 4 saturated carbocycles. The maximum absolute atomic E-state index is 12.8. The second kappa shape index (κ2) is 15.6. The number of unbranched alkanes of at least 4 members (excludes halogenated alkanes) is 14. The van der Waals surface area contributed by atoms with Gasteiger partial charge in [0.15, 0.2) is 0 Å². The molecule has 40 heavy (non-hydrogen) atoms. The van der Waals surface area contributed by atoms with Crippen LogP contribution in [-0.2, 0) is 14.3 Å². The smallest absolute Gasteiger partial charge is 0.306 e. The van der Waals surface area contributed by atoms with Gasteiger partial charge in [0.25, 0.3) is 0 Å². The molecule has 4 fully saturated rings. The van der Waals surface area contributed by atoms with Gasteiger partial charge in [-0.1, -0.05) is 111 Å². The molecule has 0 bridgehead atoms. The molecule has 3 nitrogen and oxygen atoms in total. The Kier molecular flexibility index (Phi) is 12.5. The summed E-state index contributed by atoms with van der Waals surface area (Å²) in [6.45, 7) is 7.26. The van der Waals surface area contributed by atoms with Crippen molar-refractivity contribution in [3.8, 4) is 0 Å². The molecule has 0 heterocycles. The molecule has 0 amide bonds. The van der Waals surface area contributed by atoms with Crippen LogP contribution in [0.3, 0.4) is 0 Å². The molecule has 0 spiro atoms. The molecule has 0 unspecified atom stereocenters. The van der Waals surface area contributed by atoms with Gasteiger partial charge in [-0.05, 0) is 80.5 Å². The molecule has 4 rings (SSSR count). The molecule has 0 aromatic rings. The third kappa shape index (κ3) is 7.94. The highest BCUT2D eigenvalue weighted by Crippen LogP contribution is 2.66. The Balaban J connectivity index is 1.06. The first-order chi connectivity index (χ1) is 19.4. The molecule has 0 N–H and O–H groups in total. The van der Waals surface area contributed by atoms with Gasteiger partial charge >= 0.3 is 5.97 Å². The van der Waals surface area contributed by atoms with Crippen molar-refractivity contribution in [1.29, 1.82) is 0 Å². The van der Waals surface area contributed by atoms with Gasteiger partial charge in [-0.15, -0.1) is 0 Å². The van der Waals surface area contributed by atoms with Gasteiger partial charge < -0.3 is 4.74 Å². The standard InChI is InChI=1S/C37H64O3/c1-4-5-6-7-8-9-10-11-12-13-14-15-16-17-18-19-35(39)40-34-23-22-32-31-21-20-29-28-30(38)24-26-36(29,2)33(31)25-27-37(32,34)3/h29,31-34H,4-28H2,1-3H3/t29-,31+,32+,33+,34+,36+,37+/m1/s1. The average molecular weight is 557 g/mol. The number of rotatable bonds is 17. The zero-order valence-corrected chi connectivity index (χ0v) is 26.8. The van der Waals surface area contributed by atoms with E-state index in [1.54, 1.807) is 0 Å². The Morgan fingerprint density at radius 2 is 1.27 bits per heavy atom. The first-order valence-corrected chi connectivity index (χ1v) is 18.1. The summed E-state index contributed by atoms with van der Waals surface area (Å²) in [5.41, 5.74) is 0.528. The Morgan fingerprint density at radius 3 is 1.90 bits per heavy atom. The lowest BCUT2D eigenvalue weighted by Crippen LogP contribution is -2.54. The van der Waals surface area contributed by atoms with Crippen molar-refractivity contribution in [2.45, 2.75) is 187 Å². The lowest BCUT2D eigenvalue weighted by atomic mass is 9.45. The van der Waals surface area contributed by atoms with E-state index >= 15 is 0 Å². The number of ether oxygens (including phenoxy) is 1. The van der Waals surface area contributed by atoms with E-state index in [-0.39, 0.29) is 17.5 Å². The quantitative estimate of drug-likeness (QED) is 0.132. The number of esters is 1. The Morgan fingerprint density at radius 1 is 0.700 bits per heavy atom. The van der Waals surface area contributed by atoms with Crippen molar-refractivity contribution in [1.82, 2.24) is 0 Å². The highest BCUT2D eigenvalue weighted by Gasteiger charge is 2.61. The molecule has 4 aliphatic carbocycles. The minimum atomic E-state index is 0.0603. The van der Waals surface area contributed by atoms with Crippen LogP contribution in [0.5, 0.6) is 0 Å². The number of hydrogen-bond donors (Lipinski definition) is 0. The van der Waals surface area contributed by atoms with E-state index in [1.165, 1.54) is 122 Å². The number of hydrogen-bond acceptors (Lipinski definition) is 3. The largest absolute Gasteiger partial charge is 0.462 e. The maximum Gasteiger partial charge on any atom is 0.306 e. The molecule has 0 radical (unpaired) electrons. The van der Waals surface area contributed by atoms with Crippen LogP contribution in [0, 0.1) is 34.5 Å². The zero-order valence-electron chi connectivity index (χ0n) is 26.8. The van der Waals surface area contributed by atoms with E-state index in [0.29, 0.717) is 29.5 Å². The van der Waals surface area contributed by atoms with Crippen LogP contribution >= 0.6 is 0 Å². The monoisotopic (exact) mass is 556 g/mol. The molecule has 7 atom stereocenters. The van der Waals surface area contributed by atoms with Gasteiger partial charge in [0, 0.05) is 24.7 Å². The van der Waals surface area contributed by atoms with Crippen LogP contribution in [0.4, 0.5) is 0 Å². The van der Waals surface area contributed by atoms with Gasteiger partial charge in [0.2, 0.25) is 0 Å². The van der Waals surface area contributed by atoms with E-state index in [4.69, 9.17) is 4.74 Å². The van der Waals surface area contributed by atoms with Crippen molar-refractivity contribution >= 4 is 11.8 Å². The van der Waals surface area contributed by atoms with Crippen LogP contribution in [-0.4, -0.2) is 17.9 Å². The highest BCUT2D eigenvalue weighted by molar-refractivity contribution is 5.79. The predicted molar refractivity (Wildman–Crippen MR) is 166 cm³/mol. The number of carbonyl (C=O) groups is 2. The van der Waals surface area contributed by atoms with Gasteiger partial charge in [-0.25, -0.2) is 0 Å². The first-order valence-electron chi connectivity index (χ1n) is 18.1. The summed E-state index contributed by atoms with van der Waals surface area (Å²) < 4.78 is 6.24. The normalized spacial score (nSPS) is 35.2. The Hall–Kier alpha value is -0.860. The SMILES string of the molecule is CCCCCCCCCCCCCCCCCC(=O)O[C@H]1CC[C@H]2[C@@H]3CC[C@@H]4CC(=O)CC[C@]4(C)[C@H]3CC[C@]12C. The van der Waals surface area contributed by atoms with Crippen molar-refractivity contribution in [2.75, 3.05) is 0 Å². The molecule has 0 saturated heterocycles. The molecule has 230 valence electrons. The van der Waals surface area contributed by atoms with Crippen LogP contribution in [0.1, 0.15) is 181 Å². The fourth-order valence-electron chi connectivity index (χ4n) is 10.0. The second-order valence-electron chi connectivity index (χ2n) is 15.2. The summed E-state index contributed by atoms with van der Waals surface area (Å²) in [5, 5.41) is 0. The predicted octanol–water partition coefficient (Wildman–Crippen LogP) is 10.8. The Labute approximate surface area is 247 Å². The summed E-state index contributed by atoms with van der Waals surface area (Å²) in [5.74, 6) is 3.42. The molecule has 0 aliphatic heterocycles. The van der Waals surface area contributed by atoms with Crippen molar-refractivity contribution in [2.24, 2.45) is 34.5 Å². The van der Waals surface area contributed by atoms with Crippen molar-refractivity contribution in [3.63, 3.8) is 0 Å². The van der Waals surface area contributed by atoms with E-state index in [9.17, 15) is 9.59 Å². The lowest BCUT2D eigenvalue weighted by molar-refractivity contribution is -0.164. The van der Waals surface area contributed by atoms with Crippen molar-refractivity contribution < 1.29 is 14.3 Å². The van der Waals surface area contributed by atoms with E-state index in [2.05, 4.69) is 20.8 Å². The number of ketones is 1. The summed E-state index contributed by atoms with van der Waals surface area (Å²) in [6, 6.07) is 0. The number of fused-ring (bicyclic) bond motifs is 5. The second-order valence-corrected chi connectivity index (χ2v) is 15.2. The summed E-state index contributed by atoms with van der Waals surface area (Å²) in [7, 11) is 0. The molecule has 0 aromatic heterocycles. The number of carbonyl (C=O) groups excluding carboxylic acids is 2. The summed E-state index contributed by atoms with van der Waals surface area (Å²) in [6.07, 6.45) is 31.0. The minimum absolute atomic E-state index is 0.0603. The lowest BCUT2D eigenvalue weighted by Gasteiger charge is -2.60. The van der Waals surface area contributed by atoms with Crippen molar-refractivity contribution in [3.05, 3.63) is 0 Å². The van der Waals surface area contributed by atoms with Crippen LogP contribution in [0.15, 0.2) is 0 Å². The topological polar surface area (TPSA) is 43.4 Å². The van der Waals surface area contributed by atoms with Gasteiger partial charge in [0.05, 0.1) is 0 Å². The Bertz CT molecular complexity index is 790. The van der Waals surface area contributed by atoms with Crippen LogP contribution in [0.2, 0.25) is 0 Å². The molecule has 3 heteroatoms. The maximum atomic E-state index is 12.8. The molecular weight excluding hydrogens is 492 g/mol. The van der Waals surface area contributed by atoms with Crippen LogP contribution in [0.25, 0.3) is 0 Å². The fourth-order valence-corrected chi connectivity index (χ4v) is 10.0. The fraction of sp³-hybridized carbons (Fsp3) is 0.946. The molecular formula is C37H64O3. The minimum Gasteiger partial charge on any atom is -0.462 e. The molecule has 4 aliphatic rings. The zero-order chi connectivity index (χ0) is 28.4. The average Bonchev–Trinajstić information content (AvgIpc) is 3.27. The van der Waals surface area contributed by atoms with Gasteiger partial charge in [0.1, 0.15) is 11.9 Å². The van der Waals surface area contributed by atoms with E-state index < -0.39 is 0 Å². The van der Waals surface area contributed by atoms with Gasteiger partial charge in [-0.3, -0.25) is 9.59 Å². The first kappa shape index (κ1) is 32.1. The molecule has 0 aromatic carbocycles. The van der Waals surface area contributed by atoms with E-state index in [1.807, 2.05) is 0 Å². The van der Waals surface area contributed by atoms with Gasteiger partial charge in [-0.2, -0.15) is 0 Å². The van der Waals surface area contributed by atoms with E-state index in [0.717, 1.165) is 43.9 Å². The summed E-state index contributed by atoms with van der Waals surface area (Å²) >= 11 is 0. The summed E-state index contributed by atoms with van der Waals surface area (Å²) in [4.78, 5) is 25.0. The highest BCUT2D eigenvalue weighted by atomic mass is 16.5. The number of Topliss-reactive ketones (excluding diaryl/α,β-unsaturated/α-hetero) is 1.